The highest BCUT2D eigenvalue weighted by Gasteiger charge is 2.44. The number of nitrogens with zero attached hydrogens (tertiary/aromatic N) is 2. The number of carbonyl (C=O) groups is 3. The lowest BCUT2D eigenvalue weighted by molar-refractivity contribution is -0.146. The maximum absolute atomic E-state index is 13.8. The Morgan fingerprint density at radius 1 is 1.15 bits per heavy atom. The Labute approximate surface area is 241 Å². The van der Waals surface area contributed by atoms with E-state index in [0.717, 1.165) is 21.7 Å². The molecular weight excluding hydrogens is 528 g/mol. The van der Waals surface area contributed by atoms with Crippen LogP contribution in [0.2, 0.25) is 0 Å². The molecule has 1 unspecified atom stereocenters. The van der Waals surface area contributed by atoms with Crippen LogP contribution in [-0.4, -0.2) is 70.2 Å². The van der Waals surface area contributed by atoms with Crippen LogP contribution in [0.4, 0.5) is 0 Å². The molecule has 2 aromatic rings. The maximum atomic E-state index is 13.8. The second kappa shape index (κ2) is 12.8. The fraction of sp³-hybridized carbons (Fsp3) is 0.600. The Bertz CT molecular complexity index is 1190. The molecule has 4 atom stereocenters. The van der Waals surface area contributed by atoms with Crippen LogP contribution in [0.5, 0.6) is 0 Å². The van der Waals surface area contributed by atoms with E-state index in [2.05, 4.69) is 15.6 Å². The van der Waals surface area contributed by atoms with Crippen molar-refractivity contribution in [1.82, 2.24) is 20.5 Å². The number of ether oxygens (including phenoxy) is 1. The number of aromatic nitrogens is 1. The van der Waals surface area contributed by atoms with Crippen molar-refractivity contribution in [2.24, 2.45) is 11.3 Å². The summed E-state index contributed by atoms with van der Waals surface area (Å²) < 4.78 is 5.50. The summed E-state index contributed by atoms with van der Waals surface area (Å²) in [4.78, 5) is 47.1. The Kier molecular flexibility index (Phi) is 10.1. The number of aliphatic hydroxyl groups excluding tert-OH is 1. The minimum Gasteiger partial charge on any atom is -0.393 e. The van der Waals surface area contributed by atoms with E-state index in [1.165, 1.54) is 0 Å². The topological polar surface area (TPSA) is 121 Å². The third-order valence-corrected chi connectivity index (χ3v) is 8.24. The number of amides is 3. The van der Waals surface area contributed by atoms with E-state index in [-0.39, 0.29) is 37.0 Å². The number of aliphatic hydroxyl groups is 1. The van der Waals surface area contributed by atoms with Crippen LogP contribution in [0.15, 0.2) is 29.8 Å². The van der Waals surface area contributed by atoms with E-state index in [9.17, 15) is 19.5 Å². The molecule has 0 bridgehead atoms. The van der Waals surface area contributed by atoms with Gasteiger partial charge in [-0.25, -0.2) is 4.98 Å². The van der Waals surface area contributed by atoms with Gasteiger partial charge in [-0.05, 0) is 56.6 Å². The number of rotatable bonds is 10. The first kappa shape index (κ1) is 31.7. The van der Waals surface area contributed by atoms with E-state index in [1.54, 1.807) is 30.1 Å². The van der Waals surface area contributed by atoms with Crippen molar-refractivity contribution in [2.45, 2.75) is 85.5 Å². The number of benzene rings is 1. The molecule has 0 saturated carbocycles. The molecule has 0 spiro atoms. The van der Waals surface area contributed by atoms with Crippen molar-refractivity contribution in [3.05, 3.63) is 41.0 Å². The van der Waals surface area contributed by atoms with Gasteiger partial charge in [-0.2, -0.15) is 0 Å². The zero-order valence-corrected chi connectivity index (χ0v) is 25.7. The molecule has 1 aromatic carbocycles. The summed E-state index contributed by atoms with van der Waals surface area (Å²) >= 11 is 1.60. The smallest absolute Gasteiger partial charge is 0.246 e. The predicted molar refractivity (Wildman–Crippen MR) is 157 cm³/mol. The average molecular weight is 573 g/mol. The molecule has 3 amide bonds. The minimum absolute atomic E-state index is 0.141. The molecular formula is C30H44N4O5S. The molecule has 40 heavy (non-hydrogen) atoms. The molecule has 1 aromatic heterocycles. The Hall–Kier alpha value is -2.82. The molecule has 0 radical (unpaired) electrons. The standard InChI is InChI=1S/C30H44N4O5S/c1-18-13-23(27(37)32-19(2)21-9-11-22(12-10-21)25-20(3)31-17-40-25)34(14-18)28(38)26(29(4,5)6)33-24(36)15-39-30(7,8)16-35/h9-12,17-19,23,26,35H,13-16H2,1-8H3,(H,32,37)(H,33,36)/t18-,19+,23+,26?/m1/s1. The molecule has 0 aliphatic carbocycles. The van der Waals surface area contributed by atoms with Gasteiger partial charge in [0.25, 0.3) is 0 Å². The Morgan fingerprint density at radius 3 is 2.35 bits per heavy atom. The summed E-state index contributed by atoms with van der Waals surface area (Å²) in [5.41, 5.74) is 3.41. The normalized spacial score (nSPS) is 19.3. The number of likely N-dealkylation sites (tertiary alicyclic amines) is 1. The van der Waals surface area contributed by atoms with Gasteiger partial charge in [-0.3, -0.25) is 14.4 Å². The second-order valence-electron chi connectivity index (χ2n) is 12.5. The van der Waals surface area contributed by atoms with Crippen LogP contribution in [0, 0.1) is 18.3 Å². The SMILES string of the molecule is Cc1ncsc1-c1ccc([C@H](C)NC(=O)[C@@H]2C[C@@H](C)CN2C(=O)C(NC(=O)COC(C)(C)CO)C(C)(C)C)cc1. The van der Waals surface area contributed by atoms with Gasteiger partial charge in [0.2, 0.25) is 17.7 Å². The van der Waals surface area contributed by atoms with Crippen LogP contribution in [-0.2, 0) is 19.1 Å². The molecule has 1 saturated heterocycles. The first-order valence-corrected chi connectivity index (χ1v) is 14.7. The van der Waals surface area contributed by atoms with Gasteiger partial charge in [-0.1, -0.05) is 52.0 Å². The Morgan fingerprint density at radius 2 is 1.80 bits per heavy atom. The summed E-state index contributed by atoms with van der Waals surface area (Å²) in [6.45, 7) is 14.8. The van der Waals surface area contributed by atoms with Gasteiger partial charge >= 0.3 is 0 Å². The van der Waals surface area contributed by atoms with Gasteiger partial charge in [0.15, 0.2) is 0 Å². The van der Waals surface area contributed by atoms with Crippen LogP contribution < -0.4 is 10.6 Å². The molecule has 3 N–H and O–H groups in total. The highest BCUT2D eigenvalue weighted by atomic mass is 32.1. The molecule has 220 valence electrons. The molecule has 1 aliphatic rings. The van der Waals surface area contributed by atoms with Crippen molar-refractivity contribution in [3.8, 4) is 10.4 Å². The number of carbonyl (C=O) groups excluding carboxylic acids is 3. The van der Waals surface area contributed by atoms with Crippen molar-refractivity contribution < 1.29 is 24.2 Å². The predicted octanol–water partition coefficient (Wildman–Crippen LogP) is 3.85. The van der Waals surface area contributed by atoms with Crippen LogP contribution in [0.3, 0.4) is 0 Å². The average Bonchev–Trinajstić information content (AvgIpc) is 3.50. The number of hydrogen-bond acceptors (Lipinski definition) is 7. The summed E-state index contributed by atoms with van der Waals surface area (Å²) in [5.74, 6) is -0.807. The Balaban J connectivity index is 1.70. The lowest BCUT2D eigenvalue weighted by Crippen LogP contribution is -2.58. The van der Waals surface area contributed by atoms with Gasteiger partial charge in [0.1, 0.15) is 18.7 Å². The second-order valence-corrected chi connectivity index (χ2v) is 13.4. The van der Waals surface area contributed by atoms with E-state index in [0.29, 0.717) is 13.0 Å². The van der Waals surface area contributed by atoms with Gasteiger partial charge in [0, 0.05) is 6.54 Å². The summed E-state index contributed by atoms with van der Waals surface area (Å²) in [6.07, 6.45) is 0.548. The van der Waals surface area contributed by atoms with Crippen molar-refractivity contribution in [3.63, 3.8) is 0 Å². The lowest BCUT2D eigenvalue weighted by Gasteiger charge is -2.36. The highest BCUT2D eigenvalue weighted by molar-refractivity contribution is 7.13. The van der Waals surface area contributed by atoms with Crippen LogP contribution in [0.25, 0.3) is 10.4 Å². The fourth-order valence-electron chi connectivity index (χ4n) is 4.76. The van der Waals surface area contributed by atoms with Crippen LogP contribution >= 0.6 is 11.3 Å². The number of nitrogens with one attached hydrogen (secondary N) is 2. The van der Waals surface area contributed by atoms with E-state index in [4.69, 9.17) is 4.74 Å². The third kappa shape index (κ3) is 7.89. The van der Waals surface area contributed by atoms with Gasteiger partial charge in [-0.15, -0.1) is 11.3 Å². The largest absolute Gasteiger partial charge is 0.393 e. The van der Waals surface area contributed by atoms with E-state index in [1.807, 2.05) is 71.3 Å². The molecule has 1 fully saturated rings. The van der Waals surface area contributed by atoms with Crippen LogP contribution in [0.1, 0.15) is 72.2 Å². The van der Waals surface area contributed by atoms with Crippen molar-refractivity contribution >= 4 is 29.1 Å². The quantitative estimate of drug-likeness (QED) is 0.398. The first-order valence-electron chi connectivity index (χ1n) is 13.8. The van der Waals surface area contributed by atoms with E-state index >= 15 is 0 Å². The third-order valence-electron chi connectivity index (χ3n) is 7.27. The summed E-state index contributed by atoms with van der Waals surface area (Å²) in [5, 5.41) is 15.3. The zero-order valence-electron chi connectivity index (χ0n) is 24.9. The molecule has 10 heteroatoms. The fourth-order valence-corrected chi connectivity index (χ4v) is 5.57. The molecule has 9 nitrogen and oxygen atoms in total. The maximum Gasteiger partial charge on any atom is 0.246 e. The van der Waals surface area contributed by atoms with E-state index < -0.39 is 29.0 Å². The molecule has 1 aliphatic heterocycles. The first-order chi connectivity index (χ1) is 18.6. The summed E-state index contributed by atoms with van der Waals surface area (Å²) in [6, 6.07) is 6.36. The number of aryl methyl sites for hydroxylation is 1. The summed E-state index contributed by atoms with van der Waals surface area (Å²) in [7, 11) is 0. The number of thiazole rings is 1. The number of hydrogen-bond donors (Lipinski definition) is 3. The highest BCUT2D eigenvalue weighted by Crippen LogP contribution is 2.30. The van der Waals surface area contributed by atoms with Gasteiger partial charge < -0.3 is 25.4 Å². The minimum atomic E-state index is -0.872. The molecule has 3 rings (SSSR count). The van der Waals surface area contributed by atoms with Gasteiger partial charge in [0.05, 0.1) is 34.3 Å². The van der Waals surface area contributed by atoms with Crippen molar-refractivity contribution in [1.29, 1.82) is 0 Å². The zero-order chi connectivity index (χ0) is 29.8. The molecule has 2 heterocycles. The monoisotopic (exact) mass is 572 g/mol. The van der Waals surface area contributed by atoms with Crippen molar-refractivity contribution in [2.75, 3.05) is 19.8 Å². The lowest BCUT2D eigenvalue weighted by atomic mass is 9.85.